The third kappa shape index (κ3) is 4.21. The molecule has 0 saturated carbocycles. The van der Waals surface area contributed by atoms with E-state index in [0.29, 0.717) is 5.82 Å². The van der Waals surface area contributed by atoms with Crippen molar-refractivity contribution in [1.82, 2.24) is 4.98 Å². The van der Waals surface area contributed by atoms with E-state index in [9.17, 15) is 4.79 Å². The summed E-state index contributed by atoms with van der Waals surface area (Å²) in [5, 5.41) is 21.4. The molecule has 3 N–H and O–H groups in total. The summed E-state index contributed by atoms with van der Waals surface area (Å²) in [5.74, 6) is -0.199. The molecule has 0 radical (unpaired) electrons. The molecule has 1 heterocycles. The summed E-state index contributed by atoms with van der Waals surface area (Å²) < 4.78 is 0. The van der Waals surface area contributed by atoms with Crippen LogP contribution in [-0.4, -0.2) is 33.8 Å². The second-order valence-corrected chi connectivity index (χ2v) is 5.22. The van der Waals surface area contributed by atoms with E-state index in [0.717, 1.165) is 5.69 Å². The molecule has 2 atom stereocenters. The average Bonchev–Trinajstić information content (AvgIpc) is 2.37. The van der Waals surface area contributed by atoms with Gasteiger partial charge in [0, 0.05) is 18.3 Å². The number of nitrogens with one attached hydrogen (secondary N) is 1. The van der Waals surface area contributed by atoms with E-state index >= 15 is 0 Å². The van der Waals surface area contributed by atoms with Crippen molar-refractivity contribution in [3.05, 3.63) is 23.4 Å². The van der Waals surface area contributed by atoms with E-state index in [-0.39, 0.29) is 30.0 Å². The highest BCUT2D eigenvalue weighted by molar-refractivity contribution is 5.88. The summed E-state index contributed by atoms with van der Waals surface area (Å²) in [6.45, 7) is 7.87. The number of anilines is 1. The Bertz CT molecular complexity index is 446. The third-order valence-electron chi connectivity index (χ3n) is 3.20. The monoisotopic (exact) mass is 266 g/mol. The molecule has 2 unspecified atom stereocenters. The number of hydrogen-bond donors (Lipinski definition) is 3. The van der Waals surface area contributed by atoms with E-state index in [1.807, 2.05) is 27.7 Å². The minimum absolute atomic E-state index is 0.0153. The molecule has 5 nitrogen and oxygen atoms in total. The lowest BCUT2D eigenvalue weighted by Gasteiger charge is -2.21. The maximum absolute atomic E-state index is 11.1. The van der Waals surface area contributed by atoms with Gasteiger partial charge < -0.3 is 15.5 Å². The molecule has 0 bridgehead atoms. The zero-order valence-electron chi connectivity index (χ0n) is 11.8. The molecule has 0 aromatic carbocycles. The Morgan fingerprint density at radius 1 is 1.32 bits per heavy atom. The van der Waals surface area contributed by atoms with Crippen LogP contribution in [0.2, 0.25) is 0 Å². The number of carboxylic acid groups (broad SMARTS) is 1. The summed E-state index contributed by atoms with van der Waals surface area (Å²) in [6.07, 6.45) is 0. The first-order valence-electron chi connectivity index (χ1n) is 6.47. The minimum Gasteiger partial charge on any atom is -0.478 e. The van der Waals surface area contributed by atoms with Crippen LogP contribution >= 0.6 is 0 Å². The van der Waals surface area contributed by atoms with Crippen LogP contribution in [0.25, 0.3) is 0 Å². The Kier molecular flexibility index (Phi) is 5.30. The van der Waals surface area contributed by atoms with Crippen molar-refractivity contribution < 1.29 is 15.0 Å². The minimum atomic E-state index is -0.963. The SMILES string of the molecule is CC(C)c1cc(C(=O)O)cc(NC(C)C(C)CO)n1. The Morgan fingerprint density at radius 3 is 2.42 bits per heavy atom. The summed E-state index contributed by atoms with van der Waals surface area (Å²) in [7, 11) is 0. The maximum Gasteiger partial charge on any atom is 0.335 e. The zero-order valence-corrected chi connectivity index (χ0v) is 11.8. The molecule has 0 spiro atoms. The predicted octanol–water partition coefficient (Wildman–Crippen LogP) is 2.33. The number of hydrogen-bond acceptors (Lipinski definition) is 4. The van der Waals surface area contributed by atoms with Crippen LogP contribution in [0.5, 0.6) is 0 Å². The van der Waals surface area contributed by atoms with Gasteiger partial charge in [0.15, 0.2) is 0 Å². The number of aliphatic hydroxyl groups excluding tert-OH is 1. The maximum atomic E-state index is 11.1. The Morgan fingerprint density at radius 2 is 1.95 bits per heavy atom. The van der Waals surface area contributed by atoms with Crippen molar-refractivity contribution in [3.63, 3.8) is 0 Å². The van der Waals surface area contributed by atoms with Gasteiger partial charge in [-0.05, 0) is 30.9 Å². The third-order valence-corrected chi connectivity index (χ3v) is 3.20. The van der Waals surface area contributed by atoms with Crippen molar-refractivity contribution in [2.24, 2.45) is 5.92 Å². The molecule has 0 aliphatic carbocycles. The van der Waals surface area contributed by atoms with Crippen molar-refractivity contribution >= 4 is 11.8 Å². The lowest BCUT2D eigenvalue weighted by molar-refractivity contribution is 0.0696. The first-order chi connectivity index (χ1) is 8.85. The standard InChI is InChI=1S/C14H22N2O3/c1-8(2)12-5-11(14(18)19)6-13(16-12)15-10(4)9(3)7-17/h5-6,8-10,17H,7H2,1-4H3,(H,15,16)(H,18,19). The molecule has 0 amide bonds. The highest BCUT2D eigenvalue weighted by Gasteiger charge is 2.15. The van der Waals surface area contributed by atoms with Crippen molar-refractivity contribution in [1.29, 1.82) is 0 Å². The fourth-order valence-corrected chi connectivity index (χ4v) is 1.58. The molecule has 0 aliphatic heterocycles. The number of carbonyl (C=O) groups is 1. The van der Waals surface area contributed by atoms with Crippen LogP contribution in [0.1, 0.15) is 49.7 Å². The Hall–Kier alpha value is -1.62. The lowest BCUT2D eigenvalue weighted by atomic mass is 10.0. The molecule has 1 aromatic heterocycles. The zero-order chi connectivity index (χ0) is 14.6. The number of rotatable bonds is 6. The van der Waals surface area contributed by atoms with Crippen LogP contribution in [-0.2, 0) is 0 Å². The van der Waals surface area contributed by atoms with Gasteiger partial charge in [0.05, 0.1) is 5.56 Å². The first-order valence-corrected chi connectivity index (χ1v) is 6.47. The molecule has 19 heavy (non-hydrogen) atoms. The largest absolute Gasteiger partial charge is 0.478 e. The van der Waals surface area contributed by atoms with Crippen LogP contribution in [0.15, 0.2) is 12.1 Å². The molecule has 0 saturated heterocycles. The summed E-state index contributed by atoms with van der Waals surface area (Å²) in [5.41, 5.74) is 0.969. The van der Waals surface area contributed by atoms with E-state index < -0.39 is 5.97 Å². The summed E-state index contributed by atoms with van der Waals surface area (Å²) in [4.78, 5) is 15.5. The number of aliphatic hydroxyl groups is 1. The fourth-order valence-electron chi connectivity index (χ4n) is 1.58. The van der Waals surface area contributed by atoms with Gasteiger partial charge in [-0.3, -0.25) is 0 Å². The van der Waals surface area contributed by atoms with Crippen molar-refractivity contribution in [3.8, 4) is 0 Å². The Labute approximate surface area is 113 Å². The topological polar surface area (TPSA) is 82.5 Å². The lowest BCUT2D eigenvalue weighted by Crippen LogP contribution is -2.27. The highest BCUT2D eigenvalue weighted by atomic mass is 16.4. The average molecular weight is 266 g/mol. The second kappa shape index (κ2) is 6.52. The number of aromatic nitrogens is 1. The number of aromatic carboxylic acids is 1. The van der Waals surface area contributed by atoms with Crippen LogP contribution in [0, 0.1) is 5.92 Å². The van der Waals surface area contributed by atoms with Crippen LogP contribution in [0.4, 0.5) is 5.82 Å². The van der Waals surface area contributed by atoms with E-state index in [4.69, 9.17) is 10.2 Å². The normalized spacial score (nSPS) is 14.2. The number of carboxylic acids is 1. The second-order valence-electron chi connectivity index (χ2n) is 5.22. The van der Waals surface area contributed by atoms with Gasteiger partial charge in [-0.25, -0.2) is 9.78 Å². The molecule has 5 heteroatoms. The van der Waals surface area contributed by atoms with Gasteiger partial charge in [0.1, 0.15) is 5.82 Å². The smallest absolute Gasteiger partial charge is 0.335 e. The number of nitrogens with zero attached hydrogens (tertiary/aromatic N) is 1. The summed E-state index contributed by atoms with van der Waals surface area (Å²) in [6, 6.07) is 3.13. The van der Waals surface area contributed by atoms with Gasteiger partial charge in [0.2, 0.25) is 0 Å². The molecular weight excluding hydrogens is 244 g/mol. The van der Waals surface area contributed by atoms with Crippen molar-refractivity contribution in [2.45, 2.75) is 39.7 Å². The van der Waals surface area contributed by atoms with Gasteiger partial charge in [-0.15, -0.1) is 0 Å². The molecule has 1 aromatic rings. The van der Waals surface area contributed by atoms with Gasteiger partial charge in [0.25, 0.3) is 0 Å². The van der Waals surface area contributed by atoms with Gasteiger partial charge >= 0.3 is 5.97 Å². The fraction of sp³-hybridized carbons (Fsp3) is 0.571. The first kappa shape index (κ1) is 15.4. The van der Waals surface area contributed by atoms with E-state index in [1.54, 1.807) is 6.07 Å². The summed E-state index contributed by atoms with van der Waals surface area (Å²) >= 11 is 0. The highest BCUT2D eigenvalue weighted by Crippen LogP contribution is 2.19. The number of pyridine rings is 1. The van der Waals surface area contributed by atoms with Crippen LogP contribution in [0.3, 0.4) is 0 Å². The van der Waals surface area contributed by atoms with E-state index in [2.05, 4.69) is 10.3 Å². The Balaban J connectivity index is 3.03. The van der Waals surface area contributed by atoms with E-state index in [1.165, 1.54) is 6.07 Å². The molecule has 0 aliphatic rings. The molecular formula is C14H22N2O3. The quantitative estimate of drug-likeness (QED) is 0.736. The predicted molar refractivity (Wildman–Crippen MR) is 74.6 cm³/mol. The van der Waals surface area contributed by atoms with Crippen molar-refractivity contribution in [2.75, 3.05) is 11.9 Å². The molecule has 1 rings (SSSR count). The van der Waals surface area contributed by atoms with Gasteiger partial charge in [-0.2, -0.15) is 0 Å². The van der Waals surface area contributed by atoms with Crippen LogP contribution < -0.4 is 5.32 Å². The molecule has 0 fully saturated rings. The molecule has 106 valence electrons. The van der Waals surface area contributed by atoms with Gasteiger partial charge in [-0.1, -0.05) is 20.8 Å².